The molecule has 160 valence electrons. The number of hydrogen-bond acceptors (Lipinski definition) is 6. The summed E-state index contributed by atoms with van der Waals surface area (Å²) in [4.78, 5) is 23.2. The lowest BCUT2D eigenvalue weighted by molar-refractivity contribution is -0.177. The van der Waals surface area contributed by atoms with Gasteiger partial charge in [-0.2, -0.15) is 5.26 Å². The molecule has 1 fully saturated rings. The standard InChI is InChI=1S/C23H28N2O5/c1-14-18-11-15(12-24)5-10-19(18)29-20(14)16-6-8-17(9-7-16)28-21(25-13-26)22(27)30-23(2,3)4/h5,10-11,13,16-17,21H,6-9H2,1-4H3,(H,25,26)/t16-,17-,21?. The fourth-order valence-electron chi connectivity index (χ4n) is 3.93. The highest BCUT2D eigenvalue weighted by atomic mass is 16.6. The molecule has 1 N–H and O–H groups in total. The topological polar surface area (TPSA) is 102 Å². The molecular formula is C23H28N2O5. The van der Waals surface area contributed by atoms with Crippen molar-refractivity contribution in [2.45, 2.75) is 77.2 Å². The molecule has 1 amide bonds. The maximum Gasteiger partial charge on any atom is 0.357 e. The number of aryl methyl sites for hydroxylation is 1. The first-order valence-electron chi connectivity index (χ1n) is 10.2. The third-order valence-electron chi connectivity index (χ3n) is 5.32. The predicted octanol–water partition coefficient (Wildman–Crippen LogP) is 4.07. The number of esters is 1. The van der Waals surface area contributed by atoms with E-state index in [1.165, 1.54) is 0 Å². The molecule has 0 spiro atoms. The van der Waals surface area contributed by atoms with E-state index in [4.69, 9.17) is 19.2 Å². The van der Waals surface area contributed by atoms with Crippen LogP contribution in [0.4, 0.5) is 0 Å². The monoisotopic (exact) mass is 412 g/mol. The molecule has 0 bridgehead atoms. The van der Waals surface area contributed by atoms with Crippen LogP contribution in [0.5, 0.6) is 0 Å². The van der Waals surface area contributed by atoms with E-state index < -0.39 is 17.8 Å². The lowest BCUT2D eigenvalue weighted by Crippen LogP contribution is -2.45. The van der Waals surface area contributed by atoms with Crippen molar-refractivity contribution in [2.24, 2.45) is 0 Å². The van der Waals surface area contributed by atoms with Crippen LogP contribution in [0, 0.1) is 18.3 Å². The molecule has 2 aromatic rings. The molecule has 7 heteroatoms. The molecule has 1 aromatic heterocycles. The number of benzene rings is 1. The zero-order valence-corrected chi connectivity index (χ0v) is 17.9. The van der Waals surface area contributed by atoms with Crippen molar-refractivity contribution in [2.75, 3.05) is 0 Å². The van der Waals surface area contributed by atoms with E-state index in [2.05, 4.69) is 11.4 Å². The molecule has 0 saturated heterocycles. The highest BCUT2D eigenvalue weighted by Gasteiger charge is 2.32. The molecule has 0 aliphatic heterocycles. The first-order valence-corrected chi connectivity index (χ1v) is 10.2. The van der Waals surface area contributed by atoms with Gasteiger partial charge in [-0.1, -0.05) is 0 Å². The molecule has 3 rings (SSSR count). The van der Waals surface area contributed by atoms with Crippen LogP contribution in [0.15, 0.2) is 22.6 Å². The van der Waals surface area contributed by atoms with E-state index in [1.54, 1.807) is 26.8 Å². The number of carbonyl (C=O) groups excluding carboxylic acids is 2. The number of nitriles is 1. The Labute approximate surface area is 176 Å². The maximum absolute atomic E-state index is 12.3. The first-order chi connectivity index (χ1) is 14.2. The Bertz CT molecular complexity index is 958. The molecule has 1 atom stereocenters. The number of fused-ring (bicyclic) bond motifs is 1. The Morgan fingerprint density at radius 2 is 2.00 bits per heavy atom. The van der Waals surface area contributed by atoms with Crippen molar-refractivity contribution >= 4 is 23.3 Å². The van der Waals surface area contributed by atoms with Gasteiger partial charge in [0, 0.05) is 11.3 Å². The normalized spacial score (nSPS) is 20.4. The number of rotatable bonds is 6. The number of furan rings is 1. The third kappa shape index (κ3) is 5.00. The van der Waals surface area contributed by atoms with Crippen LogP contribution in [0.2, 0.25) is 0 Å². The Balaban J connectivity index is 1.65. The molecule has 1 aromatic carbocycles. The number of hydrogen-bond donors (Lipinski definition) is 1. The summed E-state index contributed by atoms with van der Waals surface area (Å²) in [7, 11) is 0. The lowest BCUT2D eigenvalue weighted by atomic mass is 9.84. The third-order valence-corrected chi connectivity index (χ3v) is 5.32. The van der Waals surface area contributed by atoms with Crippen molar-refractivity contribution in [3.05, 3.63) is 35.1 Å². The van der Waals surface area contributed by atoms with Gasteiger partial charge in [-0.05, 0) is 77.1 Å². The maximum atomic E-state index is 12.3. The molecule has 1 unspecified atom stereocenters. The molecule has 1 heterocycles. The fourth-order valence-corrected chi connectivity index (χ4v) is 3.93. The Kier molecular flexibility index (Phi) is 6.47. The summed E-state index contributed by atoms with van der Waals surface area (Å²) >= 11 is 0. The van der Waals surface area contributed by atoms with E-state index in [1.807, 2.05) is 19.1 Å². The average Bonchev–Trinajstić information content (AvgIpc) is 3.03. The molecule has 0 radical (unpaired) electrons. The molecule has 1 aliphatic carbocycles. The predicted molar refractivity (Wildman–Crippen MR) is 111 cm³/mol. The van der Waals surface area contributed by atoms with Crippen LogP contribution in [0.1, 0.15) is 69.3 Å². The highest BCUT2D eigenvalue weighted by molar-refractivity contribution is 5.83. The van der Waals surface area contributed by atoms with Crippen molar-refractivity contribution in [1.29, 1.82) is 5.26 Å². The summed E-state index contributed by atoms with van der Waals surface area (Å²) in [5.41, 5.74) is 1.82. The number of nitrogens with zero attached hydrogens (tertiary/aromatic N) is 1. The molecule has 7 nitrogen and oxygen atoms in total. The van der Waals surface area contributed by atoms with E-state index in [0.717, 1.165) is 48.0 Å². The van der Waals surface area contributed by atoms with Gasteiger partial charge in [0.15, 0.2) is 0 Å². The van der Waals surface area contributed by atoms with Crippen LogP contribution < -0.4 is 5.32 Å². The van der Waals surface area contributed by atoms with Gasteiger partial charge in [0.1, 0.15) is 16.9 Å². The van der Waals surface area contributed by atoms with Crippen molar-refractivity contribution in [3.8, 4) is 6.07 Å². The minimum absolute atomic E-state index is 0.152. The van der Waals surface area contributed by atoms with Gasteiger partial charge in [-0.15, -0.1) is 0 Å². The largest absolute Gasteiger partial charge is 0.460 e. The summed E-state index contributed by atoms with van der Waals surface area (Å²) in [5, 5.41) is 12.5. The van der Waals surface area contributed by atoms with Gasteiger partial charge in [-0.25, -0.2) is 4.79 Å². The molecular weight excluding hydrogens is 384 g/mol. The summed E-state index contributed by atoms with van der Waals surface area (Å²) < 4.78 is 17.3. The fraction of sp³-hybridized carbons (Fsp3) is 0.522. The van der Waals surface area contributed by atoms with Gasteiger partial charge in [0.25, 0.3) is 0 Å². The van der Waals surface area contributed by atoms with Gasteiger partial charge in [-0.3, -0.25) is 4.79 Å². The summed E-state index contributed by atoms with van der Waals surface area (Å²) in [6.07, 6.45) is 2.36. The van der Waals surface area contributed by atoms with Crippen LogP contribution in [-0.4, -0.2) is 30.3 Å². The lowest BCUT2D eigenvalue weighted by Gasteiger charge is -2.31. The van der Waals surface area contributed by atoms with Gasteiger partial charge < -0.3 is 19.2 Å². The van der Waals surface area contributed by atoms with Gasteiger partial charge >= 0.3 is 5.97 Å². The van der Waals surface area contributed by atoms with E-state index in [-0.39, 0.29) is 12.0 Å². The summed E-state index contributed by atoms with van der Waals surface area (Å²) in [6.45, 7) is 7.33. The second kappa shape index (κ2) is 8.88. The summed E-state index contributed by atoms with van der Waals surface area (Å²) in [6, 6.07) is 7.63. The minimum Gasteiger partial charge on any atom is -0.460 e. The number of carbonyl (C=O) groups is 2. The van der Waals surface area contributed by atoms with Crippen molar-refractivity contribution < 1.29 is 23.5 Å². The first kappa shape index (κ1) is 21.8. The minimum atomic E-state index is -1.11. The second-order valence-corrected chi connectivity index (χ2v) is 8.72. The highest BCUT2D eigenvalue weighted by Crippen LogP contribution is 2.39. The Morgan fingerprint density at radius 3 is 2.60 bits per heavy atom. The smallest absolute Gasteiger partial charge is 0.357 e. The summed E-state index contributed by atoms with van der Waals surface area (Å²) in [5.74, 6) is 0.605. The SMILES string of the molecule is Cc1c2cc(C#N)ccc2oc1[C@H]1CC[C@H](OC(NC=O)C(=O)OC(C)(C)C)CC1. The Hall–Kier alpha value is -2.85. The van der Waals surface area contributed by atoms with Gasteiger partial charge in [0.2, 0.25) is 12.6 Å². The van der Waals surface area contributed by atoms with Crippen molar-refractivity contribution in [1.82, 2.24) is 5.32 Å². The zero-order chi connectivity index (χ0) is 21.9. The Morgan fingerprint density at radius 1 is 1.30 bits per heavy atom. The van der Waals surface area contributed by atoms with E-state index in [9.17, 15) is 9.59 Å². The van der Waals surface area contributed by atoms with Gasteiger partial charge in [0.05, 0.1) is 17.7 Å². The van der Waals surface area contributed by atoms with E-state index >= 15 is 0 Å². The molecule has 30 heavy (non-hydrogen) atoms. The van der Waals surface area contributed by atoms with Crippen LogP contribution in [-0.2, 0) is 19.1 Å². The average molecular weight is 412 g/mol. The molecule has 1 saturated carbocycles. The zero-order valence-electron chi connectivity index (χ0n) is 17.9. The number of nitrogens with one attached hydrogen (secondary N) is 1. The second-order valence-electron chi connectivity index (χ2n) is 8.72. The van der Waals surface area contributed by atoms with Crippen LogP contribution in [0.25, 0.3) is 11.0 Å². The quantitative estimate of drug-likeness (QED) is 0.436. The van der Waals surface area contributed by atoms with Crippen molar-refractivity contribution in [3.63, 3.8) is 0 Å². The van der Waals surface area contributed by atoms with Crippen LogP contribution in [0.3, 0.4) is 0 Å². The van der Waals surface area contributed by atoms with E-state index in [0.29, 0.717) is 12.0 Å². The molecule has 1 aliphatic rings. The number of amides is 1. The number of ether oxygens (including phenoxy) is 2. The van der Waals surface area contributed by atoms with Crippen LogP contribution >= 0.6 is 0 Å².